The van der Waals surface area contributed by atoms with Crippen LogP contribution in [0.3, 0.4) is 0 Å². The van der Waals surface area contributed by atoms with E-state index in [9.17, 15) is 5.11 Å². The summed E-state index contributed by atoms with van der Waals surface area (Å²) in [6, 6.07) is 17.4. The number of benzene rings is 2. The minimum absolute atomic E-state index is 0.379. The van der Waals surface area contributed by atoms with Gasteiger partial charge in [-0.15, -0.1) is 0 Å². The number of rotatable bonds is 3. The third-order valence-electron chi connectivity index (χ3n) is 3.65. The van der Waals surface area contributed by atoms with Gasteiger partial charge in [-0.2, -0.15) is 0 Å². The lowest BCUT2D eigenvalue weighted by molar-refractivity contribution is 0.156. The normalized spacial score (nSPS) is 12.7. The molecule has 0 saturated heterocycles. The molecule has 0 unspecified atom stereocenters. The van der Waals surface area contributed by atoms with Crippen LogP contribution in [0.4, 0.5) is 0 Å². The van der Waals surface area contributed by atoms with Crippen LogP contribution in [-0.4, -0.2) is 14.2 Å². The Balaban J connectivity index is 2.04. The number of aromatic nitrogens is 2. The van der Waals surface area contributed by atoms with E-state index >= 15 is 0 Å². The van der Waals surface area contributed by atoms with Crippen LogP contribution in [0, 0.1) is 5.41 Å². The predicted octanol–water partition coefficient (Wildman–Crippen LogP) is 2.19. The lowest BCUT2D eigenvalue weighted by atomic mass is 10.1. The van der Waals surface area contributed by atoms with Crippen LogP contribution in [0.5, 0.6) is 0 Å². The first-order valence-electron chi connectivity index (χ1n) is 6.60. The van der Waals surface area contributed by atoms with Crippen molar-refractivity contribution in [3.8, 4) is 0 Å². The molecule has 0 saturated carbocycles. The summed E-state index contributed by atoms with van der Waals surface area (Å²) >= 11 is 0. The highest BCUT2D eigenvalue weighted by molar-refractivity contribution is 5.75. The van der Waals surface area contributed by atoms with Gasteiger partial charge in [0, 0.05) is 7.05 Å². The Hall–Kier alpha value is -2.33. The molecule has 3 aromatic rings. The van der Waals surface area contributed by atoms with Crippen molar-refractivity contribution in [2.24, 2.45) is 7.05 Å². The van der Waals surface area contributed by atoms with E-state index in [0.29, 0.717) is 12.2 Å². The van der Waals surface area contributed by atoms with Crippen molar-refractivity contribution in [1.82, 2.24) is 9.13 Å². The van der Waals surface area contributed by atoms with Crippen LogP contribution >= 0.6 is 0 Å². The number of fused-ring (bicyclic) bond motifs is 1. The zero-order valence-electron chi connectivity index (χ0n) is 11.3. The van der Waals surface area contributed by atoms with E-state index in [4.69, 9.17) is 5.41 Å². The smallest absolute Gasteiger partial charge is 0.202 e. The van der Waals surface area contributed by atoms with Gasteiger partial charge in [0.15, 0.2) is 0 Å². The Labute approximate surface area is 117 Å². The van der Waals surface area contributed by atoms with Gasteiger partial charge < -0.3 is 14.2 Å². The number of imidazole rings is 1. The Morgan fingerprint density at radius 2 is 1.60 bits per heavy atom. The zero-order valence-corrected chi connectivity index (χ0v) is 11.3. The minimum Gasteiger partial charge on any atom is -0.387 e. The molecule has 0 aliphatic carbocycles. The summed E-state index contributed by atoms with van der Waals surface area (Å²) in [5, 5.41) is 18.5. The number of hydrogen-bond donors (Lipinski definition) is 2. The van der Waals surface area contributed by atoms with E-state index in [2.05, 4.69) is 0 Å². The van der Waals surface area contributed by atoms with Gasteiger partial charge >= 0.3 is 0 Å². The van der Waals surface area contributed by atoms with E-state index in [0.717, 1.165) is 16.6 Å². The van der Waals surface area contributed by atoms with Crippen LogP contribution in [0.1, 0.15) is 11.7 Å². The average molecular weight is 267 g/mol. The minimum atomic E-state index is -0.615. The average Bonchev–Trinajstić information content (AvgIpc) is 2.74. The van der Waals surface area contributed by atoms with Gasteiger partial charge in [0.2, 0.25) is 5.62 Å². The molecule has 102 valence electrons. The summed E-state index contributed by atoms with van der Waals surface area (Å²) < 4.78 is 3.67. The second-order valence-electron chi connectivity index (χ2n) is 4.91. The van der Waals surface area contributed by atoms with Crippen molar-refractivity contribution >= 4 is 11.0 Å². The van der Waals surface area contributed by atoms with Crippen molar-refractivity contribution in [3.05, 3.63) is 65.8 Å². The number of para-hydroxylation sites is 2. The summed E-state index contributed by atoms with van der Waals surface area (Å²) in [7, 11) is 1.87. The summed E-state index contributed by atoms with van der Waals surface area (Å²) in [5.74, 6) is 0. The molecule has 2 aromatic carbocycles. The van der Waals surface area contributed by atoms with Gasteiger partial charge in [-0.25, -0.2) is 0 Å². The standard InChI is InChI=1S/C16H17N3O/c1-18-13-9-5-6-10-14(13)19(16(18)17)11-15(20)12-7-3-2-4-8-12/h2-10,15,17,20H,11H2,1H3/t15-/m1/s1. The highest BCUT2D eigenvalue weighted by Crippen LogP contribution is 2.17. The highest BCUT2D eigenvalue weighted by Gasteiger charge is 2.13. The second kappa shape index (κ2) is 4.98. The quantitative estimate of drug-likeness (QED) is 0.751. The van der Waals surface area contributed by atoms with Crippen molar-refractivity contribution < 1.29 is 5.11 Å². The largest absolute Gasteiger partial charge is 0.387 e. The molecule has 0 fully saturated rings. The van der Waals surface area contributed by atoms with Gasteiger partial charge in [0.1, 0.15) is 0 Å². The number of aliphatic hydroxyl groups excluding tert-OH is 1. The molecule has 1 heterocycles. The molecule has 0 amide bonds. The van der Waals surface area contributed by atoms with Crippen LogP contribution < -0.4 is 5.62 Å². The van der Waals surface area contributed by atoms with Gasteiger partial charge in [-0.1, -0.05) is 42.5 Å². The van der Waals surface area contributed by atoms with E-state index in [1.54, 1.807) is 0 Å². The third-order valence-corrected chi connectivity index (χ3v) is 3.65. The van der Waals surface area contributed by atoms with Crippen molar-refractivity contribution in [1.29, 1.82) is 5.41 Å². The van der Waals surface area contributed by atoms with Crippen molar-refractivity contribution in [2.45, 2.75) is 12.6 Å². The Morgan fingerprint density at radius 1 is 1.00 bits per heavy atom. The van der Waals surface area contributed by atoms with E-state index in [-0.39, 0.29) is 0 Å². The fourth-order valence-corrected chi connectivity index (χ4v) is 2.52. The SMILES string of the molecule is Cn1c(=N)n(C[C@@H](O)c2ccccc2)c2ccccc21. The number of aryl methyl sites for hydroxylation is 1. The Morgan fingerprint density at radius 3 is 2.30 bits per heavy atom. The fraction of sp³-hybridized carbons (Fsp3) is 0.188. The second-order valence-corrected chi connectivity index (χ2v) is 4.91. The molecule has 1 aromatic heterocycles. The van der Waals surface area contributed by atoms with Crippen LogP contribution in [0.15, 0.2) is 54.6 Å². The van der Waals surface area contributed by atoms with E-state index in [1.807, 2.05) is 70.8 Å². The number of aliphatic hydroxyl groups is 1. The summed E-state index contributed by atoms with van der Waals surface area (Å²) in [5.41, 5.74) is 3.22. The number of nitrogens with zero attached hydrogens (tertiary/aromatic N) is 2. The zero-order chi connectivity index (χ0) is 14.1. The molecule has 20 heavy (non-hydrogen) atoms. The first-order chi connectivity index (χ1) is 9.68. The number of hydrogen-bond acceptors (Lipinski definition) is 2. The van der Waals surface area contributed by atoms with Crippen molar-refractivity contribution in [3.63, 3.8) is 0 Å². The van der Waals surface area contributed by atoms with Gasteiger partial charge in [-0.05, 0) is 17.7 Å². The summed E-state index contributed by atoms with van der Waals surface area (Å²) in [6.45, 7) is 0.379. The molecule has 0 bridgehead atoms. The molecule has 0 radical (unpaired) electrons. The Kier molecular flexibility index (Phi) is 3.16. The van der Waals surface area contributed by atoms with Crippen LogP contribution in [-0.2, 0) is 13.6 Å². The molecular weight excluding hydrogens is 250 g/mol. The highest BCUT2D eigenvalue weighted by atomic mass is 16.3. The molecule has 0 aliphatic rings. The summed E-state index contributed by atoms with van der Waals surface area (Å²) in [4.78, 5) is 0. The van der Waals surface area contributed by atoms with E-state index < -0.39 is 6.10 Å². The molecule has 2 N–H and O–H groups in total. The monoisotopic (exact) mass is 267 g/mol. The maximum Gasteiger partial charge on any atom is 0.202 e. The first-order valence-corrected chi connectivity index (χ1v) is 6.60. The van der Waals surface area contributed by atoms with Gasteiger partial charge in [0.25, 0.3) is 0 Å². The van der Waals surface area contributed by atoms with Gasteiger partial charge in [0.05, 0.1) is 23.7 Å². The molecule has 1 atom stereocenters. The fourth-order valence-electron chi connectivity index (χ4n) is 2.52. The lowest BCUT2D eigenvalue weighted by Gasteiger charge is -2.12. The topological polar surface area (TPSA) is 53.9 Å². The number of nitrogens with one attached hydrogen (secondary N) is 1. The van der Waals surface area contributed by atoms with Crippen molar-refractivity contribution in [2.75, 3.05) is 0 Å². The van der Waals surface area contributed by atoms with E-state index in [1.165, 1.54) is 0 Å². The summed E-state index contributed by atoms with van der Waals surface area (Å²) in [6.07, 6.45) is -0.615. The lowest BCUT2D eigenvalue weighted by Crippen LogP contribution is -2.25. The molecule has 3 rings (SSSR count). The predicted molar refractivity (Wildman–Crippen MR) is 78.2 cm³/mol. The molecule has 0 spiro atoms. The maximum atomic E-state index is 10.4. The van der Waals surface area contributed by atoms with Crippen LogP contribution in [0.25, 0.3) is 11.0 Å². The third kappa shape index (κ3) is 2.04. The Bertz CT molecular complexity index is 786. The molecule has 4 nitrogen and oxygen atoms in total. The maximum absolute atomic E-state index is 10.4. The molecular formula is C16H17N3O. The van der Waals surface area contributed by atoms with Crippen LogP contribution in [0.2, 0.25) is 0 Å². The molecule has 0 aliphatic heterocycles. The molecule has 4 heteroatoms. The van der Waals surface area contributed by atoms with Gasteiger partial charge in [-0.3, -0.25) is 5.41 Å². The first kappa shape index (κ1) is 12.7.